The molecule has 1 fully saturated rings. The summed E-state index contributed by atoms with van der Waals surface area (Å²) in [5, 5.41) is 9.23. The van der Waals surface area contributed by atoms with Crippen molar-refractivity contribution in [2.75, 3.05) is 13.1 Å². The van der Waals surface area contributed by atoms with Crippen molar-refractivity contribution >= 4 is 15.9 Å². The molecular formula is C15H17FN4O3S. The van der Waals surface area contributed by atoms with E-state index in [0.29, 0.717) is 17.0 Å². The third kappa shape index (κ3) is 2.69. The molecule has 1 aromatic heterocycles. The Balaban J connectivity index is 2.10. The van der Waals surface area contributed by atoms with Gasteiger partial charge in [0.1, 0.15) is 16.8 Å². The number of benzene rings is 1. The monoisotopic (exact) mass is 352 g/mol. The van der Waals surface area contributed by atoms with Crippen LogP contribution in [0, 0.1) is 19.7 Å². The molecule has 24 heavy (non-hydrogen) atoms. The molecule has 1 aliphatic heterocycles. The average molecular weight is 352 g/mol. The summed E-state index contributed by atoms with van der Waals surface area (Å²) in [7, 11) is -3.94. The zero-order valence-electron chi connectivity index (χ0n) is 13.2. The second-order valence-electron chi connectivity index (χ2n) is 5.62. The lowest BCUT2D eigenvalue weighted by molar-refractivity contribution is -0.126. The lowest BCUT2D eigenvalue weighted by atomic mass is 10.0. The van der Waals surface area contributed by atoms with Crippen LogP contribution < -0.4 is 5.32 Å². The lowest BCUT2D eigenvalue weighted by Crippen LogP contribution is -2.52. The third-order valence-electron chi connectivity index (χ3n) is 3.98. The maximum absolute atomic E-state index is 13.2. The van der Waals surface area contributed by atoms with Crippen LogP contribution in [0.5, 0.6) is 0 Å². The number of rotatable bonds is 3. The zero-order chi connectivity index (χ0) is 17.5. The minimum Gasteiger partial charge on any atom is -0.353 e. The van der Waals surface area contributed by atoms with Gasteiger partial charge in [-0.25, -0.2) is 12.8 Å². The van der Waals surface area contributed by atoms with Crippen molar-refractivity contribution in [3.8, 4) is 0 Å². The summed E-state index contributed by atoms with van der Waals surface area (Å²) in [5.74, 6) is -0.888. The number of sulfonamides is 1. The molecule has 1 saturated heterocycles. The maximum Gasteiger partial charge on any atom is 0.247 e. The van der Waals surface area contributed by atoms with Crippen molar-refractivity contribution in [1.29, 1.82) is 0 Å². The predicted octanol–water partition coefficient (Wildman–Crippen LogP) is 1.03. The zero-order valence-corrected chi connectivity index (χ0v) is 14.0. The van der Waals surface area contributed by atoms with Crippen molar-refractivity contribution < 1.29 is 17.6 Å². The van der Waals surface area contributed by atoms with Gasteiger partial charge in [0, 0.05) is 13.1 Å². The molecule has 0 saturated carbocycles. The van der Waals surface area contributed by atoms with Gasteiger partial charge in [0.05, 0.1) is 11.4 Å². The van der Waals surface area contributed by atoms with E-state index in [1.165, 1.54) is 24.3 Å². The van der Waals surface area contributed by atoms with Crippen LogP contribution in [-0.2, 0) is 14.8 Å². The number of hydrogen-bond acceptors (Lipinski definition) is 4. The quantitative estimate of drug-likeness (QED) is 0.862. The minimum atomic E-state index is -3.94. The van der Waals surface area contributed by atoms with Crippen molar-refractivity contribution in [1.82, 2.24) is 19.8 Å². The molecule has 7 nitrogen and oxygen atoms in total. The summed E-state index contributed by atoms with van der Waals surface area (Å²) < 4.78 is 40.5. The molecule has 1 aromatic carbocycles. The Bertz CT molecular complexity index is 857. The van der Waals surface area contributed by atoms with Gasteiger partial charge in [0.25, 0.3) is 0 Å². The molecule has 2 heterocycles. The van der Waals surface area contributed by atoms with Crippen molar-refractivity contribution in [2.24, 2.45) is 0 Å². The summed E-state index contributed by atoms with van der Waals surface area (Å²) in [6, 6.07) is 4.20. The number of amides is 1. The van der Waals surface area contributed by atoms with Crippen molar-refractivity contribution in [3.05, 3.63) is 47.0 Å². The Morgan fingerprint density at radius 1 is 1.25 bits per heavy atom. The number of aromatic amines is 1. The Morgan fingerprint density at radius 3 is 2.50 bits per heavy atom. The first kappa shape index (κ1) is 16.6. The number of H-pyrrole nitrogens is 1. The van der Waals surface area contributed by atoms with Crippen LogP contribution in [0.3, 0.4) is 0 Å². The van der Waals surface area contributed by atoms with E-state index in [1.807, 2.05) is 0 Å². The standard InChI is InChI=1S/C15H17FN4O3S/c1-9-14(10(2)19-18-9)24(22,23)20-8-7-17-15(21)13(20)11-3-5-12(16)6-4-11/h3-6,13H,7-8H2,1-2H3,(H,17,21)(H,18,19). The smallest absolute Gasteiger partial charge is 0.247 e. The van der Waals surface area contributed by atoms with Crippen LogP contribution in [0.25, 0.3) is 0 Å². The number of nitrogens with zero attached hydrogens (tertiary/aromatic N) is 2. The van der Waals surface area contributed by atoms with E-state index in [0.717, 1.165) is 4.31 Å². The molecule has 1 amide bonds. The molecule has 0 radical (unpaired) electrons. The van der Waals surface area contributed by atoms with Gasteiger partial charge in [0.2, 0.25) is 15.9 Å². The highest BCUT2D eigenvalue weighted by Crippen LogP contribution is 2.31. The van der Waals surface area contributed by atoms with E-state index in [4.69, 9.17) is 0 Å². The third-order valence-corrected chi connectivity index (χ3v) is 6.11. The SMILES string of the molecule is Cc1n[nH]c(C)c1S(=O)(=O)N1CCNC(=O)C1c1ccc(F)cc1. The number of aromatic nitrogens is 2. The van der Waals surface area contributed by atoms with Crippen LogP contribution in [0.1, 0.15) is 23.0 Å². The molecule has 1 atom stereocenters. The van der Waals surface area contributed by atoms with Crippen molar-refractivity contribution in [2.45, 2.75) is 24.8 Å². The molecule has 0 spiro atoms. The second kappa shape index (κ2) is 5.99. The number of halogens is 1. The fourth-order valence-corrected chi connectivity index (χ4v) is 4.82. The summed E-state index contributed by atoms with van der Waals surface area (Å²) in [5.41, 5.74) is 1.17. The second-order valence-corrected chi connectivity index (χ2v) is 7.45. The van der Waals surface area contributed by atoms with Crippen LogP contribution in [0.2, 0.25) is 0 Å². The van der Waals surface area contributed by atoms with Crippen LogP contribution in [0.15, 0.2) is 29.2 Å². The summed E-state index contributed by atoms with van der Waals surface area (Å²) in [6.45, 7) is 3.54. The molecule has 3 rings (SSSR count). The summed E-state index contributed by atoms with van der Waals surface area (Å²) in [4.78, 5) is 12.4. The molecule has 128 valence electrons. The molecule has 9 heteroatoms. The average Bonchev–Trinajstić information content (AvgIpc) is 2.87. The first-order valence-corrected chi connectivity index (χ1v) is 8.83. The topological polar surface area (TPSA) is 95.2 Å². The van der Waals surface area contributed by atoms with E-state index in [9.17, 15) is 17.6 Å². The molecular weight excluding hydrogens is 335 g/mol. The van der Waals surface area contributed by atoms with Gasteiger partial charge >= 0.3 is 0 Å². The Hall–Kier alpha value is -2.26. The number of nitrogens with one attached hydrogen (secondary N) is 2. The first-order chi connectivity index (χ1) is 11.3. The van der Waals surface area contributed by atoms with Crippen LogP contribution >= 0.6 is 0 Å². The van der Waals surface area contributed by atoms with Gasteiger partial charge in [0.15, 0.2) is 0 Å². The fourth-order valence-electron chi connectivity index (χ4n) is 2.91. The van der Waals surface area contributed by atoms with Gasteiger partial charge in [-0.15, -0.1) is 0 Å². The number of carbonyl (C=O) groups excluding carboxylic acids is 1. The lowest BCUT2D eigenvalue weighted by Gasteiger charge is -2.34. The van der Waals surface area contributed by atoms with E-state index in [-0.39, 0.29) is 18.0 Å². The van der Waals surface area contributed by atoms with E-state index < -0.39 is 27.8 Å². The maximum atomic E-state index is 13.2. The highest BCUT2D eigenvalue weighted by molar-refractivity contribution is 7.89. The number of aryl methyl sites for hydroxylation is 2. The van der Waals surface area contributed by atoms with Gasteiger partial charge in [-0.3, -0.25) is 9.89 Å². The Kier molecular flexibility index (Phi) is 4.14. The summed E-state index contributed by atoms with van der Waals surface area (Å²) >= 11 is 0. The van der Waals surface area contributed by atoms with Gasteiger partial charge in [-0.1, -0.05) is 12.1 Å². The highest BCUT2D eigenvalue weighted by atomic mass is 32.2. The highest BCUT2D eigenvalue weighted by Gasteiger charge is 2.41. The fraction of sp³-hybridized carbons (Fsp3) is 0.333. The van der Waals surface area contributed by atoms with Gasteiger partial charge in [-0.2, -0.15) is 9.40 Å². The number of hydrogen-bond donors (Lipinski definition) is 2. The van der Waals surface area contributed by atoms with E-state index in [1.54, 1.807) is 13.8 Å². The molecule has 2 aromatic rings. The van der Waals surface area contributed by atoms with Gasteiger partial charge in [-0.05, 0) is 31.5 Å². The van der Waals surface area contributed by atoms with Crippen molar-refractivity contribution in [3.63, 3.8) is 0 Å². The molecule has 0 aliphatic carbocycles. The largest absolute Gasteiger partial charge is 0.353 e. The molecule has 2 N–H and O–H groups in total. The molecule has 1 aliphatic rings. The van der Waals surface area contributed by atoms with E-state index in [2.05, 4.69) is 15.5 Å². The van der Waals surface area contributed by atoms with Crippen LogP contribution in [-0.4, -0.2) is 41.9 Å². The summed E-state index contributed by atoms with van der Waals surface area (Å²) in [6.07, 6.45) is 0. The number of carbonyl (C=O) groups is 1. The predicted molar refractivity (Wildman–Crippen MR) is 84.1 cm³/mol. The Labute approximate surface area is 138 Å². The van der Waals surface area contributed by atoms with Gasteiger partial charge < -0.3 is 5.32 Å². The van der Waals surface area contributed by atoms with Crippen LogP contribution in [0.4, 0.5) is 4.39 Å². The molecule has 1 unspecified atom stereocenters. The Morgan fingerprint density at radius 2 is 1.92 bits per heavy atom. The van der Waals surface area contributed by atoms with E-state index >= 15 is 0 Å². The normalized spacial score (nSPS) is 19.3. The first-order valence-electron chi connectivity index (χ1n) is 7.39. The molecule has 0 bridgehead atoms. The number of piperazine rings is 1. The minimum absolute atomic E-state index is 0.0734.